The van der Waals surface area contributed by atoms with Crippen LogP contribution in [-0.4, -0.2) is 27.1 Å². The minimum absolute atomic E-state index is 0.0801. The predicted molar refractivity (Wildman–Crippen MR) is 41.9 cm³/mol. The molecule has 3 N–H and O–H groups in total. The van der Waals surface area contributed by atoms with Gasteiger partial charge in [0.2, 0.25) is 5.95 Å². The molecule has 0 saturated heterocycles. The molecule has 1 heterocycles. The molecule has 0 saturated carbocycles. The first kappa shape index (κ1) is 7.86. The third-order valence-electron chi connectivity index (χ3n) is 0.956. The van der Waals surface area contributed by atoms with E-state index < -0.39 is 6.03 Å². The molecule has 0 aliphatic heterocycles. The summed E-state index contributed by atoms with van der Waals surface area (Å²) in [5.41, 5.74) is 5.29. The molecule has 0 aliphatic carbocycles. The third kappa shape index (κ3) is 1.61. The van der Waals surface area contributed by atoms with Crippen LogP contribution in [-0.2, 0) is 0 Å². The van der Waals surface area contributed by atoms with E-state index >= 15 is 0 Å². The van der Waals surface area contributed by atoms with Gasteiger partial charge in [0.25, 0.3) is 0 Å². The van der Waals surface area contributed by atoms with Gasteiger partial charge in [0, 0.05) is 6.26 Å². The molecule has 60 valence electrons. The van der Waals surface area contributed by atoms with Crippen LogP contribution >= 0.6 is 11.9 Å². The van der Waals surface area contributed by atoms with Gasteiger partial charge in [0.1, 0.15) is 6.33 Å². The number of nitrogens with one attached hydrogen (secondary N) is 1. The molecule has 6 nitrogen and oxygen atoms in total. The van der Waals surface area contributed by atoms with E-state index in [2.05, 4.69) is 14.8 Å². The van der Waals surface area contributed by atoms with Gasteiger partial charge in [-0.3, -0.25) is 4.72 Å². The first-order valence-electron chi connectivity index (χ1n) is 2.74. The van der Waals surface area contributed by atoms with Crippen molar-refractivity contribution in [3.63, 3.8) is 0 Å². The highest BCUT2D eigenvalue weighted by molar-refractivity contribution is 7.97. The normalized spacial score (nSPS) is 9.55. The second kappa shape index (κ2) is 3.24. The fourth-order valence-corrected chi connectivity index (χ4v) is 0.799. The number of hydrogen-bond donors (Lipinski definition) is 2. The van der Waals surface area contributed by atoms with Gasteiger partial charge in [-0.05, 0) is 0 Å². The number of carbonyl (C=O) groups is 1. The summed E-state index contributed by atoms with van der Waals surface area (Å²) in [6, 6.07) is -0.396. The number of hydrogen-bond acceptors (Lipinski definition) is 5. The van der Waals surface area contributed by atoms with Crippen LogP contribution in [0.2, 0.25) is 0 Å². The number of nitrogens with zero attached hydrogens (tertiary/aromatic N) is 3. The summed E-state index contributed by atoms with van der Waals surface area (Å²) in [7, 11) is 0. The van der Waals surface area contributed by atoms with Crippen molar-refractivity contribution in [3.8, 4) is 0 Å². The zero-order chi connectivity index (χ0) is 8.27. The maximum atomic E-state index is 11.0. The van der Waals surface area contributed by atoms with E-state index in [1.165, 1.54) is 18.3 Å². The summed E-state index contributed by atoms with van der Waals surface area (Å²) in [6.07, 6.45) is 2.94. The van der Waals surface area contributed by atoms with Gasteiger partial charge >= 0.3 is 6.03 Å². The summed E-state index contributed by atoms with van der Waals surface area (Å²) in [5, 5.41) is 3.59. The smallest absolute Gasteiger partial charge is 0.355 e. The topological polar surface area (TPSA) is 85.8 Å². The Kier molecular flexibility index (Phi) is 2.32. The number of carbonyl (C=O) groups excluding carboxylic acids is 1. The Morgan fingerprint density at radius 2 is 2.64 bits per heavy atom. The molecule has 0 fully saturated rings. The van der Waals surface area contributed by atoms with Crippen LogP contribution in [0.3, 0.4) is 0 Å². The number of nitrogen functional groups attached to an aromatic ring is 1. The van der Waals surface area contributed by atoms with Crippen molar-refractivity contribution < 1.29 is 4.79 Å². The van der Waals surface area contributed by atoms with E-state index in [1.54, 1.807) is 6.26 Å². The number of anilines is 1. The lowest BCUT2D eigenvalue weighted by atomic mass is 10.9. The summed E-state index contributed by atoms with van der Waals surface area (Å²) >= 11 is 1.17. The van der Waals surface area contributed by atoms with Gasteiger partial charge in [-0.2, -0.15) is 4.98 Å². The van der Waals surface area contributed by atoms with E-state index in [4.69, 9.17) is 5.73 Å². The molecule has 0 bridgehead atoms. The van der Waals surface area contributed by atoms with Crippen LogP contribution in [0.15, 0.2) is 6.33 Å². The van der Waals surface area contributed by atoms with Gasteiger partial charge in [-0.25, -0.2) is 4.79 Å². The largest absolute Gasteiger partial charge is 0.368 e. The molecule has 1 aromatic rings. The summed E-state index contributed by atoms with van der Waals surface area (Å²) < 4.78 is 3.43. The lowest BCUT2D eigenvalue weighted by Gasteiger charge is -1.99. The van der Waals surface area contributed by atoms with Crippen molar-refractivity contribution in [2.45, 2.75) is 0 Å². The quantitative estimate of drug-likeness (QED) is 0.569. The predicted octanol–water partition coefficient (Wildman–Crippen LogP) is -0.304. The molecule has 0 atom stereocenters. The summed E-state index contributed by atoms with van der Waals surface area (Å²) in [5.74, 6) is 0.0801. The number of aromatic nitrogens is 3. The van der Waals surface area contributed by atoms with Crippen LogP contribution in [0.25, 0.3) is 0 Å². The molecule has 1 aromatic heterocycles. The zero-order valence-corrected chi connectivity index (χ0v) is 6.63. The fraction of sp³-hybridized carbons (Fsp3) is 0.250. The Morgan fingerprint density at radius 1 is 1.91 bits per heavy atom. The Bertz CT molecular complexity index is 259. The van der Waals surface area contributed by atoms with Gasteiger partial charge in [0.05, 0.1) is 0 Å². The number of rotatable bonds is 1. The van der Waals surface area contributed by atoms with Crippen molar-refractivity contribution >= 4 is 23.9 Å². The SMILES string of the molecule is CSNC(=O)n1ncnc1N. The Hall–Kier alpha value is -1.24. The lowest BCUT2D eigenvalue weighted by molar-refractivity contribution is 0.245. The molecule has 11 heavy (non-hydrogen) atoms. The van der Waals surface area contributed by atoms with Crippen LogP contribution in [0, 0.1) is 0 Å². The second-order valence-electron chi connectivity index (χ2n) is 1.64. The average Bonchev–Trinajstić information content (AvgIpc) is 2.36. The molecule has 0 unspecified atom stereocenters. The highest BCUT2D eigenvalue weighted by Gasteiger charge is 2.07. The molecule has 0 spiro atoms. The Labute approximate surface area is 67.3 Å². The van der Waals surface area contributed by atoms with Gasteiger partial charge in [-0.15, -0.1) is 9.78 Å². The maximum absolute atomic E-state index is 11.0. The van der Waals surface area contributed by atoms with Gasteiger partial charge in [0.15, 0.2) is 0 Å². The summed E-state index contributed by atoms with van der Waals surface area (Å²) in [6.45, 7) is 0. The first-order chi connectivity index (χ1) is 5.25. The van der Waals surface area contributed by atoms with Gasteiger partial charge in [-0.1, -0.05) is 11.9 Å². The number of amides is 1. The van der Waals surface area contributed by atoms with E-state index in [-0.39, 0.29) is 5.95 Å². The second-order valence-corrected chi connectivity index (χ2v) is 2.25. The van der Waals surface area contributed by atoms with Gasteiger partial charge < -0.3 is 5.73 Å². The molecule has 7 heteroatoms. The minimum Gasteiger partial charge on any atom is -0.368 e. The Balaban J connectivity index is 2.76. The van der Waals surface area contributed by atoms with E-state index in [0.29, 0.717) is 0 Å². The highest BCUT2D eigenvalue weighted by atomic mass is 32.2. The van der Waals surface area contributed by atoms with Crippen LogP contribution in [0.5, 0.6) is 0 Å². The van der Waals surface area contributed by atoms with E-state index in [0.717, 1.165) is 4.68 Å². The molecule has 0 aliphatic rings. The molecule has 0 aromatic carbocycles. The molecule has 0 radical (unpaired) electrons. The monoisotopic (exact) mass is 173 g/mol. The van der Waals surface area contributed by atoms with Crippen molar-refractivity contribution in [3.05, 3.63) is 6.33 Å². The number of nitrogens with two attached hydrogens (primary N) is 1. The molecule has 1 rings (SSSR count). The lowest BCUT2D eigenvalue weighted by Crippen LogP contribution is -2.24. The summed E-state index contributed by atoms with van der Waals surface area (Å²) in [4.78, 5) is 14.6. The zero-order valence-electron chi connectivity index (χ0n) is 5.81. The minimum atomic E-state index is -0.396. The van der Waals surface area contributed by atoms with Crippen molar-refractivity contribution in [1.82, 2.24) is 19.5 Å². The molecule has 1 amide bonds. The third-order valence-corrected chi connectivity index (χ3v) is 1.33. The maximum Gasteiger partial charge on any atom is 0.355 e. The van der Waals surface area contributed by atoms with Crippen LogP contribution in [0.4, 0.5) is 10.7 Å². The van der Waals surface area contributed by atoms with Crippen LogP contribution < -0.4 is 10.5 Å². The van der Waals surface area contributed by atoms with Crippen LogP contribution in [0.1, 0.15) is 0 Å². The molecular formula is C4H7N5OS. The van der Waals surface area contributed by atoms with E-state index in [1.807, 2.05) is 0 Å². The fourth-order valence-electron chi connectivity index (χ4n) is 0.537. The standard InChI is InChI=1S/C4H7N5OS/c1-11-8-4(10)9-3(5)6-2-7-9/h2H,1H3,(H,8,10)(H2,5,6,7). The van der Waals surface area contributed by atoms with Crippen molar-refractivity contribution in [2.24, 2.45) is 0 Å². The molecular weight excluding hydrogens is 166 g/mol. The van der Waals surface area contributed by atoms with Crippen molar-refractivity contribution in [1.29, 1.82) is 0 Å². The Morgan fingerprint density at radius 3 is 3.09 bits per heavy atom. The first-order valence-corrected chi connectivity index (χ1v) is 3.97. The van der Waals surface area contributed by atoms with E-state index in [9.17, 15) is 4.79 Å². The highest BCUT2D eigenvalue weighted by Crippen LogP contribution is 1.94. The van der Waals surface area contributed by atoms with Crippen molar-refractivity contribution in [2.75, 3.05) is 12.0 Å². The average molecular weight is 173 g/mol.